The molecule has 8 nitrogen and oxygen atoms in total. The monoisotopic (exact) mass is 481 g/mol. The number of amides is 3. The van der Waals surface area contributed by atoms with Gasteiger partial charge in [0.1, 0.15) is 23.3 Å². The Kier molecular flexibility index (Phi) is 6.19. The molecule has 1 aliphatic carbocycles. The van der Waals surface area contributed by atoms with Crippen molar-refractivity contribution in [3.8, 4) is 5.75 Å². The Labute approximate surface area is 203 Å². The summed E-state index contributed by atoms with van der Waals surface area (Å²) in [5.41, 5.74) is -0.333. The van der Waals surface area contributed by atoms with Crippen molar-refractivity contribution >= 4 is 17.7 Å². The van der Waals surface area contributed by atoms with Gasteiger partial charge in [-0.15, -0.1) is 0 Å². The van der Waals surface area contributed by atoms with Crippen LogP contribution in [-0.2, 0) is 9.53 Å². The first-order valence-corrected chi connectivity index (χ1v) is 11.9. The predicted molar refractivity (Wildman–Crippen MR) is 124 cm³/mol. The van der Waals surface area contributed by atoms with Crippen molar-refractivity contribution < 1.29 is 28.2 Å². The lowest BCUT2D eigenvalue weighted by molar-refractivity contribution is -0.128. The molecule has 9 heteroatoms. The quantitative estimate of drug-likeness (QED) is 0.709. The highest BCUT2D eigenvalue weighted by atomic mass is 19.1. The van der Waals surface area contributed by atoms with Crippen molar-refractivity contribution in [2.45, 2.75) is 43.5 Å². The molecule has 184 valence electrons. The van der Waals surface area contributed by atoms with E-state index in [0.717, 1.165) is 12.8 Å². The molecule has 35 heavy (non-hydrogen) atoms. The van der Waals surface area contributed by atoms with Crippen LogP contribution in [0.2, 0.25) is 0 Å². The number of likely N-dealkylation sites (tertiary alicyclic amines) is 1. The number of carbonyl (C=O) groups excluding carboxylic acids is 3. The van der Waals surface area contributed by atoms with Crippen LogP contribution in [0.1, 0.15) is 46.4 Å². The van der Waals surface area contributed by atoms with Crippen molar-refractivity contribution in [2.24, 2.45) is 0 Å². The van der Waals surface area contributed by atoms with Crippen LogP contribution in [-0.4, -0.2) is 72.1 Å². The van der Waals surface area contributed by atoms with Crippen molar-refractivity contribution in [3.63, 3.8) is 0 Å². The van der Waals surface area contributed by atoms with Crippen LogP contribution in [0, 0.1) is 5.82 Å². The molecule has 1 N–H and O–H groups in total. The summed E-state index contributed by atoms with van der Waals surface area (Å²) in [7, 11) is 1.53. The van der Waals surface area contributed by atoms with E-state index >= 15 is 0 Å². The number of nitrogens with zero attached hydrogens (tertiary/aromatic N) is 2. The fourth-order valence-electron chi connectivity index (χ4n) is 4.85. The lowest BCUT2D eigenvalue weighted by atomic mass is 9.96. The fraction of sp³-hybridized carbons (Fsp3) is 0.423. The SMILES string of the molecule is COc1cccc(C(=O)N2[C@H](C(=O)NC3CC3)COC23CCN(C(=O)c2cccc(F)c2)CC3)c1. The molecule has 3 fully saturated rings. The number of ether oxygens (including phenoxy) is 2. The van der Waals surface area contributed by atoms with E-state index in [0.29, 0.717) is 37.2 Å². The highest BCUT2D eigenvalue weighted by Crippen LogP contribution is 2.39. The van der Waals surface area contributed by atoms with Crippen LogP contribution in [0.15, 0.2) is 48.5 Å². The summed E-state index contributed by atoms with van der Waals surface area (Å²) in [6.45, 7) is 0.717. The molecule has 5 rings (SSSR count). The minimum atomic E-state index is -1.01. The molecule has 0 bridgehead atoms. The van der Waals surface area contributed by atoms with Gasteiger partial charge in [0, 0.05) is 43.1 Å². The van der Waals surface area contributed by atoms with E-state index in [2.05, 4.69) is 5.32 Å². The number of piperidine rings is 1. The third kappa shape index (κ3) is 4.60. The van der Waals surface area contributed by atoms with Gasteiger partial charge in [-0.05, 0) is 49.2 Å². The van der Waals surface area contributed by atoms with E-state index < -0.39 is 17.6 Å². The second kappa shape index (κ2) is 9.30. The van der Waals surface area contributed by atoms with Gasteiger partial charge in [-0.3, -0.25) is 19.3 Å². The first-order valence-electron chi connectivity index (χ1n) is 11.9. The summed E-state index contributed by atoms with van der Waals surface area (Å²) in [6.07, 6.45) is 2.56. The molecule has 2 aliphatic heterocycles. The molecule has 3 amide bonds. The summed E-state index contributed by atoms with van der Waals surface area (Å²) in [5.74, 6) is -0.741. The van der Waals surface area contributed by atoms with Crippen molar-refractivity contribution in [2.75, 3.05) is 26.8 Å². The lowest BCUT2D eigenvalue weighted by Gasteiger charge is -2.44. The Balaban J connectivity index is 1.39. The number of hydrogen-bond donors (Lipinski definition) is 1. The van der Waals surface area contributed by atoms with Gasteiger partial charge >= 0.3 is 0 Å². The normalized spacial score (nSPS) is 21.1. The zero-order valence-electron chi connectivity index (χ0n) is 19.5. The smallest absolute Gasteiger partial charge is 0.257 e. The molecular formula is C26H28FN3O5. The second-order valence-electron chi connectivity index (χ2n) is 9.27. The van der Waals surface area contributed by atoms with E-state index in [9.17, 15) is 18.8 Å². The topological polar surface area (TPSA) is 88.2 Å². The Bertz CT molecular complexity index is 1140. The minimum Gasteiger partial charge on any atom is -0.497 e. The average molecular weight is 482 g/mol. The summed E-state index contributed by atoms with van der Waals surface area (Å²) in [5, 5.41) is 2.99. The Morgan fingerprint density at radius 2 is 1.71 bits per heavy atom. The van der Waals surface area contributed by atoms with Crippen LogP contribution < -0.4 is 10.1 Å². The molecule has 0 radical (unpaired) electrons. The zero-order valence-corrected chi connectivity index (χ0v) is 19.5. The van der Waals surface area contributed by atoms with Crippen molar-refractivity contribution in [1.82, 2.24) is 15.1 Å². The van der Waals surface area contributed by atoms with Gasteiger partial charge in [-0.1, -0.05) is 12.1 Å². The Morgan fingerprint density at radius 1 is 1.03 bits per heavy atom. The number of benzene rings is 2. The summed E-state index contributed by atoms with van der Waals surface area (Å²) >= 11 is 0. The molecule has 2 aromatic rings. The molecular weight excluding hydrogens is 453 g/mol. The number of methoxy groups -OCH3 is 1. The summed E-state index contributed by atoms with van der Waals surface area (Å²) in [6, 6.07) is 11.8. The standard InChI is InChI=1S/C26H28FN3O5/c1-34-21-7-3-5-18(15-21)25(33)30-22(23(31)28-20-8-9-20)16-35-26(30)10-12-29(13-11-26)24(32)17-4-2-6-19(27)14-17/h2-7,14-15,20,22H,8-13,16H2,1H3,(H,28,31)/t22-/m0/s1. The molecule has 1 atom stereocenters. The highest BCUT2D eigenvalue weighted by Gasteiger charge is 2.54. The number of hydrogen-bond acceptors (Lipinski definition) is 5. The second-order valence-corrected chi connectivity index (χ2v) is 9.27. The van der Waals surface area contributed by atoms with Gasteiger partial charge in [0.25, 0.3) is 11.8 Å². The molecule has 3 aliphatic rings. The zero-order chi connectivity index (χ0) is 24.6. The van der Waals surface area contributed by atoms with Gasteiger partial charge < -0.3 is 19.7 Å². The largest absolute Gasteiger partial charge is 0.497 e. The van der Waals surface area contributed by atoms with Crippen LogP contribution in [0.5, 0.6) is 5.75 Å². The fourth-order valence-corrected chi connectivity index (χ4v) is 4.85. The molecule has 2 saturated heterocycles. The summed E-state index contributed by atoms with van der Waals surface area (Å²) < 4.78 is 25.1. The van der Waals surface area contributed by atoms with Crippen LogP contribution in [0.3, 0.4) is 0 Å². The van der Waals surface area contributed by atoms with Gasteiger partial charge in [-0.2, -0.15) is 0 Å². The third-order valence-corrected chi connectivity index (χ3v) is 6.93. The van der Waals surface area contributed by atoms with E-state index in [1.165, 1.54) is 25.3 Å². The van der Waals surface area contributed by atoms with E-state index in [4.69, 9.17) is 9.47 Å². The lowest BCUT2D eigenvalue weighted by Crippen LogP contribution is -2.60. The molecule has 2 aromatic carbocycles. The van der Waals surface area contributed by atoms with Gasteiger partial charge in [-0.25, -0.2) is 4.39 Å². The summed E-state index contributed by atoms with van der Waals surface area (Å²) in [4.78, 5) is 43.0. The molecule has 0 unspecified atom stereocenters. The molecule has 1 spiro atoms. The maximum Gasteiger partial charge on any atom is 0.257 e. The van der Waals surface area contributed by atoms with E-state index in [-0.39, 0.29) is 35.9 Å². The Hall–Kier alpha value is -3.46. The van der Waals surface area contributed by atoms with Gasteiger partial charge in [0.2, 0.25) is 5.91 Å². The average Bonchev–Trinajstić information content (AvgIpc) is 3.62. The highest BCUT2D eigenvalue weighted by molar-refractivity contribution is 5.99. The van der Waals surface area contributed by atoms with E-state index in [1.54, 1.807) is 40.1 Å². The van der Waals surface area contributed by atoms with Crippen LogP contribution in [0.4, 0.5) is 4.39 Å². The first-order chi connectivity index (χ1) is 16.9. The number of carbonyl (C=O) groups is 3. The maximum absolute atomic E-state index is 13.8. The maximum atomic E-state index is 13.8. The Morgan fingerprint density at radius 3 is 2.37 bits per heavy atom. The number of rotatable bonds is 5. The van der Waals surface area contributed by atoms with Gasteiger partial charge in [0.05, 0.1) is 13.7 Å². The molecule has 1 saturated carbocycles. The van der Waals surface area contributed by atoms with Crippen molar-refractivity contribution in [3.05, 3.63) is 65.5 Å². The third-order valence-electron chi connectivity index (χ3n) is 6.93. The minimum absolute atomic E-state index is 0.0894. The first kappa shape index (κ1) is 23.3. The van der Waals surface area contributed by atoms with E-state index in [1.807, 2.05) is 0 Å². The van der Waals surface area contributed by atoms with Crippen LogP contribution >= 0.6 is 0 Å². The molecule has 2 heterocycles. The number of nitrogens with one attached hydrogen (secondary N) is 1. The van der Waals surface area contributed by atoms with Crippen LogP contribution in [0.25, 0.3) is 0 Å². The number of halogens is 1. The van der Waals surface area contributed by atoms with Gasteiger partial charge in [0.15, 0.2) is 0 Å². The van der Waals surface area contributed by atoms with Crippen molar-refractivity contribution in [1.29, 1.82) is 0 Å². The molecule has 0 aromatic heterocycles. The predicted octanol–water partition coefficient (Wildman–Crippen LogP) is 2.59.